The van der Waals surface area contributed by atoms with E-state index in [0.29, 0.717) is 43.9 Å². The number of fused-ring (bicyclic) bond motifs is 1. The Morgan fingerprint density at radius 3 is 2.71 bits per heavy atom. The SMILES string of the molecule is C=C/C(N)=C(\C=C)N(N)OCCCC(=O)N1CCN(c2ncnc3sc(C)cc23)CC1. The summed E-state index contributed by atoms with van der Waals surface area (Å²) in [6.07, 6.45) is 5.51. The van der Waals surface area contributed by atoms with Crippen molar-refractivity contribution in [1.82, 2.24) is 20.0 Å². The molecular weight excluding hydrogens is 414 g/mol. The van der Waals surface area contributed by atoms with Gasteiger partial charge in [0.15, 0.2) is 0 Å². The summed E-state index contributed by atoms with van der Waals surface area (Å²) in [5.41, 5.74) is 6.57. The lowest BCUT2D eigenvalue weighted by atomic mass is 10.2. The van der Waals surface area contributed by atoms with Gasteiger partial charge < -0.3 is 15.5 Å². The van der Waals surface area contributed by atoms with Gasteiger partial charge in [0.1, 0.15) is 22.7 Å². The Morgan fingerprint density at radius 2 is 2.03 bits per heavy atom. The van der Waals surface area contributed by atoms with Crippen LogP contribution in [0.2, 0.25) is 0 Å². The Balaban J connectivity index is 1.45. The number of hydrogen-bond donors (Lipinski definition) is 2. The highest BCUT2D eigenvalue weighted by molar-refractivity contribution is 7.18. The van der Waals surface area contributed by atoms with Gasteiger partial charge in [-0.05, 0) is 31.6 Å². The third-order valence-corrected chi connectivity index (χ3v) is 6.03. The summed E-state index contributed by atoms with van der Waals surface area (Å²) in [6, 6.07) is 2.13. The van der Waals surface area contributed by atoms with Gasteiger partial charge in [0, 0.05) is 37.5 Å². The quantitative estimate of drug-likeness (QED) is 0.262. The van der Waals surface area contributed by atoms with Crippen LogP contribution in [-0.4, -0.2) is 58.7 Å². The summed E-state index contributed by atoms with van der Waals surface area (Å²) in [6.45, 7) is 12.4. The maximum atomic E-state index is 12.6. The Kier molecular flexibility index (Phi) is 7.61. The highest BCUT2D eigenvalue weighted by Crippen LogP contribution is 2.30. The minimum absolute atomic E-state index is 0.108. The first-order valence-electron chi connectivity index (χ1n) is 10.1. The number of nitrogens with two attached hydrogens (primary N) is 2. The summed E-state index contributed by atoms with van der Waals surface area (Å²) < 4.78 is 0. The van der Waals surface area contributed by atoms with Crippen molar-refractivity contribution in [2.24, 2.45) is 11.6 Å². The summed E-state index contributed by atoms with van der Waals surface area (Å²) in [7, 11) is 0. The van der Waals surface area contributed by atoms with Crippen molar-refractivity contribution in [3.8, 4) is 0 Å². The molecule has 1 amide bonds. The van der Waals surface area contributed by atoms with Crippen molar-refractivity contribution in [2.45, 2.75) is 19.8 Å². The molecule has 0 aliphatic carbocycles. The number of aryl methyl sites for hydroxylation is 1. The van der Waals surface area contributed by atoms with E-state index >= 15 is 0 Å². The molecule has 166 valence electrons. The molecule has 31 heavy (non-hydrogen) atoms. The van der Waals surface area contributed by atoms with Crippen molar-refractivity contribution in [3.05, 3.63) is 54.0 Å². The van der Waals surface area contributed by atoms with Crippen LogP contribution in [0, 0.1) is 6.92 Å². The number of hydroxylamine groups is 1. The van der Waals surface area contributed by atoms with Crippen LogP contribution in [0.25, 0.3) is 10.2 Å². The standard InChI is InChI=1S/C21H29N7O2S/c1-4-17(22)18(5-2)28(23)30-12-6-7-19(29)26-8-10-27(11-9-26)20-16-13-15(3)31-21(16)25-14-24-20/h4-5,13-14H,1-2,6-12,22-23H2,3H3/b18-17-. The third-order valence-electron chi connectivity index (χ3n) is 5.08. The van der Waals surface area contributed by atoms with Crippen molar-refractivity contribution in [2.75, 3.05) is 37.7 Å². The van der Waals surface area contributed by atoms with Gasteiger partial charge in [0.05, 0.1) is 17.7 Å². The molecule has 0 bridgehead atoms. The molecule has 4 N–H and O–H groups in total. The Morgan fingerprint density at radius 1 is 1.29 bits per heavy atom. The minimum atomic E-state index is 0.108. The molecule has 2 aromatic rings. The summed E-state index contributed by atoms with van der Waals surface area (Å²) in [5, 5.41) is 2.14. The van der Waals surface area contributed by atoms with Gasteiger partial charge in [0.2, 0.25) is 5.91 Å². The van der Waals surface area contributed by atoms with Gasteiger partial charge in [-0.2, -0.15) is 5.17 Å². The fourth-order valence-electron chi connectivity index (χ4n) is 3.44. The highest BCUT2D eigenvalue weighted by Gasteiger charge is 2.23. The zero-order valence-corrected chi connectivity index (χ0v) is 18.6. The van der Waals surface area contributed by atoms with E-state index in [-0.39, 0.29) is 5.91 Å². The molecule has 2 aromatic heterocycles. The van der Waals surface area contributed by atoms with E-state index in [9.17, 15) is 4.79 Å². The predicted octanol–water partition coefficient (Wildman–Crippen LogP) is 2.08. The second-order valence-electron chi connectivity index (χ2n) is 7.15. The first-order valence-corrected chi connectivity index (χ1v) is 10.9. The average Bonchev–Trinajstić information content (AvgIpc) is 3.17. The fraction of sp³-hybridized carbons (Fsp3) is 0.381. The number of hydrogen-bond acceptors (Lipinski definition) is 9. The van der Waals surface area contributed by atoms with Crippen LogP contribution in [0.15, 0.2) is 49.1 Å². The first kappa shape index (κ1) is 22.7. The maximum Gasteiger partial charge on any atom is 0.222 e. The van der Waals surface area contributed by atoms with E-state index in [0.717, 1.165) is 34.3 Å². The van der Waals surface area contributed by atoms with Gasteiger partial charge in [-0.3, -0.25) is 9.63 Å². The molecule has 1 aliphatic rings. The Bertz CT molecular complexity index is 979. The molecule has 1 aliphatic heterocycles. The number of carbonyl (C=O) groups excluding carboxylic acids is 1. The molecule has 1 saturated heterocycles. The van der Waals surface area contributed by atoms with Crippen molar-refractivity contribution >= 4 is 33.3 Å². The van der Waals surface area contributed by atoms with Crippen molar-refractivity contribution in [1.29, 1.82) is 0 Å². The normalized spacial score (nSPS) is 15.0. The highest BCUT2D eigenvalue weighted by atomic mass is 32.1. The molecule has 10 heteroatoms. The number of anilines is 1. The van der Waals surface area contributed by atoms with Crippen LogP contribution in [0.4, 0.5) is 5.82 Å². The van der Waals surface area contributed by atoms with Gasteiger partial charge in [0.25, 0.3) is 0 Å². The average molecular weight is 444 g/mol. The number of thiophene rings is 1. The van der Waals surface area contributed by atoms with Gasteiger partial charge in [-0.1, -0.05) is 13.2 Å². The monoisotopic (exact) mass is 443 g/mol. The molecule has 3 heterocycles. The van der Waals surface area contributed by atoms with Crippen LogP contribution < -0.4 is 16.5 Å². The van der Waals surface area contributed by atoms with Crippen LogP contribution in [-0.2, 0) is 9.63 Å². The van der Waals surface area contributed by atoms with Crippen LogP contribution in [0.5, 0.6) is 0 Å². The predicted molar refractivity (Wildman–Crippen MR) is 124 cm³/mol. The number of aromatic nitrogens is 2. The summed E-state index contributed by atoms with van der Waals surface area (Å²) in [5.74, 6) is 6.87. The molecule has 0 spiro atoms. The fourth-order valence-corrected chi connectivity index (χ4v) is 4.28. The third kappa shape index (κ3) is 5.40. The van der Waals surface area contributed by atoms with Gasteiger partial charge in [-0.25, -0.2) is 15.8 Å². The molecule has 0 radical (unpaired) electrons. The van der Waals surface area contributed by atoms with Crippen LogP contribution >= 0.6 is 11.3 Å². The van der Waals surface area contributed by atoms with Crippen LogP contribution in [0.3, 0.4) is 0 Å². The second-order valence-corrected chi connectivity index (χ2v) is 8.39. The van der Waals surface area contributed by atoms with Gasteiger partial charge in [-0.15, -0.1) is 11.3 Å². The van der Waals surface area contributed by atoms with Crippen molar-refractivity contribution in [3.63, 3.8) is 0 Å². The lowest BCUT2D eigenvalue weighted by Gasteiger charge is -2.35. The smallest absolute Gasteiger partial charge is 0.222 e. The van der Waals surface area contributed by atoms with E-state index in [1.807, 2.05) is 4.90 Å². The lowest BCUT2D eigenvalue weighted by molar-refractivity contribution is -0.140. The molecule has 9 nitrogen and oxygen atoms in total. The second kappa shape index (κ2) is 10.4. The van der Waals surface area contributed by atoms with Gasteiger partial charge >= 0.3 is 0 Å². The molecule has 0 aromatic carbocycles. The zero-order chi connectivity index (χ0) is 22.4. The molecule has 0 saturated carbocycles. The topological polar surface area (TPSA) is 114 Å². The molecule has 0 atom stereocenters. The van der Waals surface area contributed by atoms with E-state index in [1.165, 1.54) is 17.0 Å². The molecule has 1 fully saturated rings. The first-order chi connectivity index (χ1) is 14.9. The van der Waals surface area contributed by atoms with E-state index in [2.05, 4.69) is 41.0 Å². The number of rotatable bonds is 9. The van der Waals surface area contributed by atoms with Crippen LogP contribution in [0.1, 0.15) is 17.7 Å². The van der Waals surface area contributed by atoms with E-state index in [1.54, 1.807) is 17.7 Å². The molecular formula is C21H29N7O2S. The zero-order valence-electron chi connectivity index (χ0n) is 17.8. The Hall–Kier alpha value is -2.95. The largest absolute Gasteiger partial charge is 0.397 e. The molecule has 3 rings (SSSR count). The summed E-state index contributed by atoms with van der Waals surface area (Å²) in [4.78, 5) is 33.2. The van der Waals surface area contributed by atoms with E-state index in [4.69, 9.17) is 16.4 Å². The number of allylic oxidation sites excluding steroid dienone is 2. The number of nitrogens with zero attached hydrogens (tertiary/aromatic N) is 5. The summed E-state index contributed by atoms with van der Waals surface area (Å²) >= 11 is 1.67. The molecule has 0 unspecified atom stereocenters. The minimum Gasteiger partial charge on any atom is -0.397 e. The van der Waals surface area contributed by atoms with E-state index < -0.39 is 0 Å². The lowest BCUT2D eigenvalue weighted by Crippen LogP contribution is -2.49. The number of amides is 1. The number of carbonyl (C=O) groups is 1. The number of hydrazine groups is 1. The van der Waals surface area contributed by atoms with Crippen molar-refractivity contribution < 1.29 is 9.63 Å². The maximum absolute atomic E-state index is 12.6. The Labute approximate surface area is 186 Å². The number of piperazine rings is 1.